The molecule has 2 rings (SSSR count). The highest BCUT2D eigenvalue weighted by atomic mass is 16.5. The van der Waals surface area contributed by atoms with Crippen LogP contribution in [0.25, 0.3) is 0 Å². The van der Waals surface area contributed by atoms with Crippen molar-refractivity contribution in [2.75, 3.05) is 31.1 Å². The number of anilines is 1. The van der Waals surface area contributed by atoms with E-state index in [9.17, 15) is 0 Å². The summed E-state index contributed by atoms with van der Waals surface area (Å²) in [5, 5.41) is 3.51. The fourth-order valence-corrected chi connectivity index (χ4v) is 2.62. The highest BCUT2D eigenvalue weighted by Gasteiger charge is 2.17. The van der Waals surface area contributed by atoms with E-state index >= 15 is 0 Å². The van der Waals surface area contributed by atoms with Gasteiger partial charge >= 0.3 is 0 Å². The van der Waals surface area contributed by atoms with Gasteiger partial charge < -0.3 is 15.0 Å². The van der Waals surface area contributed by atoms with E-state index in [2.05, 4.69) is 56.1 Å². The van der Waals surface area contributed by atoms with Crippen LogP contribution in [-0.2, 0) is 11.3 Å². The van der Waals surface area contributed by atoms with Crippen molar-refractivity contribution in [2.45, 2.75) is 40.3 Å². The molecule has 3 heteroatoms. The molecule has 0 amide bonds. The van der Waals surface area contributed by atoms with Crippen LogP contribution < -0.4 is 10.2 Å². The lowest BCUT2D eigenvalue weighted by molar-refractivity contribution is 0.0532. The number of benzene rings is 1. The van der Waals surface area contributed by atoms with Crippen molar-refractivity contribution >= 4 is 5.69 Å². The average molecular weight is 276 g/mol. The molecule has 1 aliphatic rings. The van der Waals surface area contributed by atoms with Gasteiger partial charge in [-0.25, -0.2) is 0 Å². The third kappa shape index (κ3) is 4.22. The Balaban J connectivity index is 1.98. The first-order valence-corrected chi connectivity index (χ1v) is 7.73. The third-order valence-electron chi connectivity index (χ3n) is 3.80. The minimum Gasteiger partial charge on any atom is -0.375 e. The highest BCUT2D eigenvalue weighted by molar-refractivity contribution is 5.51. The summed E-state index contributed by atoms with van der Waals surface area (Å²) in [6, 6.07) is 6.82. The Kier molecular flexibility index (Phi) is 5.44. The summed E-state index contributed by atoms with van der Waals surface area (Å²) in [7, 11) is 0. The quantitative estimate of drug-likeness (QED) is 0.895. The zero-order valence-electron chi connectivity index (χ0n) is 13.3. The maximum absolute atomic E-state index is 5.61. The first-order valence-electron chi connectivity index (χ1n) is 7.73. The van der Waals surface area contributed by atoms with Crippen LogP contribution >= 0.6 is 0 Å². The van der Waals surface area contributed by atoms with Crippen LogP contribution in [0.3, 0.4) is 0 Å². The van der Waals surface area contributed by atoms with Gasteiger partial charge in [0.05, 0.1) is 12.7 Å². The van der Waals surface area contributed by atoms with Crippen molar-refractivity contribution in [1.29, 1.82) is 0 Å². The van der Waals surface area contributed by atoms with E-state index in [1.54, 1.807) is 0 Å². The van der Waals surface area contributed by atoms with Gasteiger partial charge in [0.2, 0.25) is 0 Å². The molecule has 1 atom stereocenters. The Labute approximate surface area is 123 Å². The first kappa shape index (κ1) is 15.3. The molecule has 1 aromatic carbocycles. The monoisotopic (exact) mass is 276 g/mol. The lowest BCUT2D eigenvalue weighted by atomic mass is 10.1. The molecule has 0 aromatic heterocycles. The van der Waals surface area contributed by atoms with Gasteiger partial charge in [0.25, 0.3) is 0 Å². The second kappa shape index (κ2) is 7.09. The zero-order valence-corrected chi connectivity index (χ0v) is 13.3. The summed E-state index contributed by atoms with van der Waals surface area (Å²) >= 11 is 0. The number of rotatable bonds is 5. The number of ether oxygens (including phenoxy) is 1. The molecule has 1 unspecified atom stereocenters. The maximum Gasteiger partial charge on any atom is 0.0722 e. The molecule has 0 spiro atoms. The van der Waals surface area contributed by atoms with Crippen molar-refractivity contribution in [3.63, 3.8) is 0 Å². The number of aryl methyl sites for hydroxylation is 1. The molecule has 1 aromatic rings. The molecule has 1 heterocycles. The summed E-state index contributed by atoms with van der Waals surface area (Å²) in [6.07, 6.45) is 0.330. The predicted molar refractivity (Wildman–Crippen MR) is 85.4 cm³/mol. The summed E-state index contributed by atoms with van der Waals surface area (Å²) in [4.78, 5) is 2.42. The van der Waals surface area contributed by atoms with E-state index in [-0.39, 0.29) is 0 Å². The predicted octanol–water partition coefficient (Wildman–Crippen LogP) is 2.97. The molecule has 1 fully saturated rings. The zero-order chi connectivity index (χ0) is 14.5. The first-order chi connectivity index (χ1) is 9.56. The van der Waals surface area contributed by atoms with Crippen molar-refractivity contribution < 1.29 is 4.74 Å². The average Bonchev–Trinajstić information content (AvgIpc) is 2.40. The van der Waals surface area contributed by atoms with Gasteiger partial charge in [-0.15, -0.1) is 0 Å². The Morgan fingerprint density at radius 2 is 2.20 bits per heavy atom. The second-order valence-corrected chi connectivity index (χ2v) is 6.26. The standard InChI is InChI=1S/C17H28N2O/c1-13(2)10-18-11-16-5-6-17(9-14(16)3)19-7-8-20-15(4)12-19/h5-6,9,13,15,18H,7-8,10-12H2,1-4H3. The van der Waals surface area contributed by atoms with Crippen LogP contribution in [0.2, 0.25) is 0 Å². The lowest BCUT2D eigenvalue weighted by Gasteiger charge is -2.33. The van der Waals surface area contributed by atoms with E-state index in [1.807, 2.05) is 0 Å². The molecule has 112 valence electrons. The highest BCUT2D eigenvalue weighted by Crippen LogP contribution is 2.21. The van der Waals surface area contributed by atoms with E-state index in [0.717, 1.165) is 32.8 Å². The number of morpholine rings is 1. The van der Waals surface area contributed by atoms with E-state index < -0.39 is 0 Å². The van der Waals surface area contributed by atoms with Gasteiger partial charge in [0.1, 0.15) is 0 Å². The minimum atomic E-state index is 0.330. The number of nitrogens with zero attached hydrogens (tertiary/aromatic N) is 1. The Hall–Kier alpha value is -1.06. The Morgan fingerprint density at radius 3 is 2.85 bits per heavy atom. The summed E-state index contributed by atoms with van der Waals surface area (Å²) in [5.74, 6) is 0.699. The lowest BCUT2D eigenvalue weighted by Crippen LogP contribution is -2.41. The molecule has 0 saturated carbocycles. The molecule has 1 saturated heterocycles. The third-order valence-corrected chi connectivity index (χ3v) is 3.80. The topological polar surface area (TPSA) is 24.5 Å². The number of hydrogen-bond donors (Lipinski definition) is 1. The number of nitrogens with one attached hydrogen (secondary N) is 1. The molecule has 1 N–H and O–H groups in total. The minimum absolute atomic E-state index is 0.330. The Bertz CT molecular complexity index is 431. The maximum atomic E-state index is 5.61. The van der Waals surface area contributed by atoms with Crippen LogP contribution in [0.1, 0.15) is 31.9 Å². The Morgan fingerprint density at radius 1 is 1.40 bits per heavy atom. The van der Waals surface area contributed by atoms with Gasteiger partial charge in [-0.05, 0) is 49.6 Å². The van der Waals surface area contributed by atoms with E-state index in [4.69, 9.17) is 4.74 Å². The van der Waals surface area contributed by atoms with Crippen LogP contribution in [0.4, 0.5) is 5.69 Å². The van der Waals surface area contributed by atoms with Crippen molar-refractivity contribution in [3.05, 3.63) is 29.3 Å². The molecule has 20 heavy (non-hydrogen) atoms. The normalized spacial score (nSPS) is 19.6. The van der Waals surface area contributed by atoms with Gasteiger partial charge in [-0.2, -0.15) is 0 Å². The van der Waals surface area contributed by atoms with Crippen LogP contribution in [-0.4, -0.2) is 32.3 Å². The largest absolute Gasteiger partial charge is 0.375 e. The van der Waals surface area contributed by atoms with Gasteiger partial charge in [0, 0.05) is 25.3 Å². The molecular formula is C17H28N2O. The van der Waals surface area contributed by atoms with Crippen molar-refractivity contribution in [3.8, 4) is 0 Å². The van der Waals surface area contributed by atoms with Gasteiger partial charge in [0.15, 0.2) is 0 Å². The van der Waals surface area contributed by atoms with Crippen LogP contribution in [0, 0.1) is 12.8 Å². The van der Waals surface area contributed by atoms with Crippen LogP contribution in [0.5, 0.6) is 0 Å². The second-order valence-electron chi connectivity index (χ2n) is 6.26. The molecule has 0 aliphatic carbocycles. The van der Waals surface area contributed by atoms with Gasteiger partial charge in [-0.1, -0.05) is 19.9 Å². The fourth-order valence-electron chi connectivity index (χ4n) is 2.62. The molecule has 0 radical (unpaired) electrons. The SMILES string of the molecule is Cc1cc(N2CCOC(C)C2)ccc1CNCC(C)C. The van der Waals surface area contributed by atoms with Crippen molar-refractivity contribution in [2.24, 2.45) is 5.92 Å². The van der Waals surface area contributed by atoms with Crippen LogP contribution in [0.15, 0.2) is 18.2 Å². The smallest absolute Gasteiger partial charge is 0.0722 e. The van der Waals surface area contributed by atoms with Gasteiger partial charge in [-0.3, -0.25) is 0 Å². The molecular weight excluding hydrogens is 248 g/mol. The van der Waals surface area contributed by atoms with E-state index in [0.29, 0.717) is 12.0 Å². The molecule has 1 aliphatic heterocycles. The summed E-state index contributed by atoms with van der Waals surface area (Å²) < 4.78 is 5.61. The number of hydrogen-bond acceptors (Lipinski definition) is 3. The molecule has 3 nitrogen and oxygen atoms in total. The fraction of sp³-hybridized carbons (Fsp3) is 0.647. The summed E-state index contributed by atoms with van der Waals surface area (Å²) in [5.41, 5.74) is 4.10. The van der Waals surface area contributed by atoms with Crippen molar-refractivity contribution in [1.82, 2.24) is 5.32 Å². The van der Waals surface area contributed by atoms with E-state index in [1.165, 1.54) is 16.8 Å². The molecule has 0 bridgehead atoms. The summed E-state index contributed by atoms with van der Waals surface area (Å²) in [6.45, 7) is 13.7.